The highest BCUT2D eigenvalue weighted by Crippen LogP contribution is 2.13. The number of ether oxygens (including phenoxy) is 3. The lowest BCUT2D eigenvalue weighted by Gasteiger charge is -2.34. The molecule has 0 radical (unpaired) electrons. The Morgan fingerprint density at radius 1 is 0.660 bits per heavy atom. The Morgan fingerprint density at radius 3 is 1.74 bits per heavy atom. The molecule has 0 aliphatic rings. The fourth-order valence-corrected chi connectivity index (χ4v) is 5.40. The van der Waals surface area contributed by atoms with Crippen LogP contribution in [0.25, 0.3) is 0 Å². The summed E-state index contributed by atoms with van der Waals surface area (Å²) in [6.07, 6.45) is 30.6. The molecule has 2 unspecified atom stereocenters. The summed E-state index contributed by atoms with van der Waals surface area (Å²) in [5, 5.41) is 11.6. The van der Waals surface area contributed by atoms with Gasteiger partial charge in [0.1, 0.15) is 12.6 Å². The lowest BCUT2D eigenvalue weighted by Crippen LogP contribution is -2.55. The maximum atomic E-state index is 12.6. The molecule has 0 heterocycles. The quantitative estimate of drug-likeness (QED) is 0.0303. The number of esters is 2. The van der Waals surface area contributed by atoms with Crippen LogP contribution in [0.2, 0.25) is 0 Å². The Morgan fingerprint density at radius 2 is 1.19 bits per heavy atom. The van der Waals surface area contributed by atoms with E-state index in [0.717, 1.165) is 57.8 Å². The van der Waals surface area contributed by atoms with Gasteiger partial charge >= 0.3 is 11.9 Å². The SMILES string of the molecule is CC/C=C/C/C=C/CCCCCCCCCC(=O)OC(COCCC(C(=O)[O-])[N+](C)(C)C)COC(=O)CCCCCCCCCCC. The zero-order chi connectivity index (χ0) is 35.0. The Bertz CT molecular complexity index is 834. The summed E-state index contributed by atoms with van der Waals surface area (Å²) in [6.45, 7) is 4.51. The van der Waals surface area contributed by atoms with Gasteiger partial charge in [0.05, 0.1) is 40.3 Å². The first kappa shape index (κ1) is 44.8. The minimum atomic E-state index is -1.13. The summed E-state index contributed by atoms with van der Waals surface area (Å²) in [6, 6.07) is -0.722. The van der Waals surface area contributed by atoms with Gasteiger partial charge < -0.3 is 28.6 Å². The van der Waals surface area contributed by atoms with E-state index in [-0.39, 0.29) is 42.7 Å². The monoisotopic (exact) mass is 666 g/mol. The highest BCUT2D eigenvalue weighted by molar-refractivity contribution is 5.70. The van der Waals surface area contributed by atoms with Crippen LogP contribution in [0.15, 0.2) is 24.3 Å². The van der Waals surface area contributed by atoms with Crippen LogP contribution in [0.5, 0.6) is 0 Å². The lowest BCUT2D eigenvalue weighted by molar-refractivity contribution is -0.889. The van der Waals surface area contributed by atoms with E-state index in [2.05, 4.69) is 38.2 Å². The molecule has 0 bridgehead atoms. The first-order valence-electron chi connectivity index (χ1n) is 18.9. The molecule has 0 aromatic carbocycles. The normalized spacial score (nSPS) is 13.3. The fraction of sp³-hybridized carbons (Fsp3) is 0.821. The van der Waals surface area contributed by atoms with E-state index in [1.54, 1.807) is 21.1 Å². The molecule has 0 saturated heterocycles. The van der Waals surface area contributed by atoms with Crippen LogP contribution in [-0.2, 0) is 28.6 Å². The van der Waals surface area contributed by atoms with Crippen molar-refractivity contribution in [2.24, 2.45) is 0 Å². The van der Waals surface area contributed by atoms with E-state index in [1.165, 1.54) is 64.2 Å². The number of nitrogens with zero attached hydrogens (tertiary/aromatic N) is 1. The van der Waals surface area contributed by atoms with Crippen LogP contribution >= 0.6 is 0 Å². The van der Waals surface area contributed by atoms with Gasteiger partial charge in [0, 0.05) is 19.3 Å². The molecule has 0 aliphatic heterocycles. The van der Waals surface area contributed by atoms with E-state index in [1.807, 2.05) is 0 Å². The average molecular weight is 666 g/mol. The van der Waals surface area contributed by atoms with Gasteiger partial charge in [0.2, 0.25) is 0 Å². The third-order valence-electron chi connectivity index (χ3n) is 8.35. The number of aliphatic carboxylic acids is 1. The number of carbonyl (C=O) groups excluding carboxylic acids is 3. The number of rotatable bonds is 33. The van der Waals surface area contributed by atoms with Crippen molar-refractivity contribution in [3.63, 3.8) is 0 Å². The van der Waals surface area contributed by atoms with Gasteiger partial charge in [-0.2, -0.15) is 0 Å². The Balaban J connectivity index is 4.42. The van der Waals surface area contributed by atoms with Crippen molar-refractivity contribution in [1.29, 1.82) is 0 Å². The first-order chi connectivity index (χ1) is 22.6. The highest BCUT2D eigenvalue weighted by Gasteiger charge is 2.25. The van der Waals surface area contributed by atoms with Crippen molar-refractivity contribution in [3.05, 3.63) is 24.3 Å². The fourth-order valence-electron chi connectivity index (χ4n) is 5.40. The van der Waals surface area contributed by atoms with Gasteiger partial charge in [0.25, 0.3) is 0 Å². The maximum Gasteiger partial charge on any atom is 0.306 e. The van der Waals surface area contributed by atoms with Crippen LogP contribution in [0.3, 0.4) is 0 Å². The summed E-state index contributed by atoms with van der Waals surface area (Å²) in [5.74, 6) is -1.75. The molecular formula is C39H71NO7. The summed E-state index contributed by atoms with van der Waals surface area (Å²) in [4.78, 5) is 36.6. The minimum Gasteiger partial charge on any atom is -0.544 e. The molecule has 0 spiro atoms. The number of carboxylic acids is 1. The lowest BCUT2D eigenvalue weighted by atomic mass is 10.1. The van der Waals surface area contributed by atoms with E-state index in [9.17, 15) is 19.5 Å². The molecule has 0 N–H and O–H groups in total. The van der Waals surface area contributed by atoms with Gasteiger partial charge in [-0.1, -0.05) is 122 Å². The molecule has 0 rings (SSSR count). The van der Waals surface area contributed by atoms with Gasteiger partial charge in [0.15, 0.2) is 6.10 Å². The number of likely N-dealkylation sites (N-methyl/N-ethyl adjacent to an activating group) is 1. The molecule has 2 atom stereocenters. The van der Waals surface area contributed by atoms with Crippen LogP contribution in [0, 0.1) is 0 Å². The topological polar surface area (TPSA) is 102 Å². The van der Waals surface area contributed by atoms with Crippen molar-refractivity contribution in [1.82, 2.24) is 0 Å². The predicted molar refractivity (Wildman–Crippen MR) is 190 cm³/mol. The van der Waals surface area contributed by atoms with Crippen molar-refractivity contribution in [3.8, 4) is 0 Å². The third kappa shape index (κ3) is 29.7. The van der Waals surface area contributed by atoms with Gasteiger partial charge in [-0.05, 0) is 38.5 Å². The van der Waals surface area contributed by atoms with Crippen molar-refractivity contribution >= 4 is 17.9 Å². The molecule has 47 heavy (non-hydrogen) atoms. The summed E-state index contributed by atoms with van der Waals surface area (Å²) < 4.78 is 17.0. The number of unbranched alkanes of at least 4 members (excludes halogenated alkanes) is 15. The van der Waals surface area contributed by atoms with Crippen LogP contribution in [0.4, 0.5) is 0 Å². The van der Waals surface area contributed by atoms with Crippen molar-refractivity contribution in [2.45, 2.75) is 167 Å². The average Bonchev–Trinajstić information content (AvgIpc) is 3.01. The van der Waals surface area contributed by atoms with Crippen LogP contribution < -0.4 is 5.11 Å². The summed E-state index contributed by atoms with van der Waals surface area (Å²) in [7, 11) is 5.39. The maximum absolute atomic E-state index is 12.6. The smallest absolute Gasteiger partial charge is 0.306 e. The standard InChI is InChI=1S/C39H71NO7/c1-6-8-10-12-14-16-17-18-19-20-22-24-26-28-30-38(42)47-35(33-45-32-31-36(39(43)44)40(3,4)5)34-46-37(41)29-27-25-23-21-15-13-11-9-7-2/h8,10,14,16,35-36H,6-7,9,11-13,15,17-34H2,1-5H3/b10-8+,16-14+. The van der Waals surface area contributed by atoms with Crippen LogP contribution in [0.1, 0.15) is 155 Å². The van der Waals surface area contributed by atoms with Gasteiger partial charge in [-0.3, -0.25) is 9.59 Å². The second-order valence-corrected chi connectivity index (χ2v) is 13.8. The largest absolute Gasteiger partial charge is 0.544 e. The second kappa shape index (κ2) is 31.1. The van der Waals surface area contributed by atoms with E-state index >= 15 is 0 Å². The van der Waals surface area contributed by atoms with E-state index in [0.29, 0.717) is 12.8 Å². The molecule has 0 aromatic heterocycles. The molecule has 8 nitrogen and oxygen atoms in total. The zero-order valence-electron chi connectivity index (χ0n) is 30.9. The number of allylic oxidation sites excluding steroid dienone is 4. The third-order valence-corrected chi connectivity index (χ3v) is 8.35. The van der Waals surface area contributed by atoms with E-state index in [4.69, 9.17) is 14.2 Å². The number of hydrogen-bond donors (Lipinski definition) is 0. The molecule has 0 aliphatic carbocycles. The molecule has 0 amide bonds. The number of quaternary nitrogens is 1. The predicted octanol–water partition coefficient (Wildman–Crippen LogP) is 8.02. The first-order valence-corrected chi connectivity index (χ1v) is 18.9. The van der Waals surface area contributed by atoms with Gasteiger partial charge in [-0.15, -0.1) is 0 Å². The zero-order valence-corrected chi connectivity index (χ0v) is 30.9. The second-order valence-electron chi connectivity index (χ2n) is 13.8. The minimum absolute atomic E-state index is 0.0403. The Hall–Kier alpha value is -2.19. The number of carbonyl (C=O) groups is 3. The van der Waals surface area contributed by atoms with Gasteiger partial charge in [-0.25, -0.2) is 0 Å². The molecule has 0 fully saturated rings. The highest BCUT2D eigenvalue weighted by atomic mass is 16.6. The molecular weight excluding hydrogens is 594 g/mol. The van der Waals surface area contributed by atoms with Crippen molar-refractivity contribution in [2.75, 3.05) is 41.0 Å². The van der Waals surface area contributed by atoms with Crippen molar-refractivity contribution < 1.29 is 38.2 Å². The van der Waals surface area contributed by atoms with Crippen LogP contribution in [-0.4, -0.2) is 75.5 Å². The summed E-state index contributed by atoms with van der Waals surface area (Å²) in [5.41, 5.74) is 0. The molecule has 8 heteroatoms. The molecule has 0 aromatic rings. The molecule has 274 valence electrons. The Labute approximate surface area is 288 Å². The summed E-state index contributed by atoms with van der Waals surface area (Å²) >= 11 is 0. The molecule has 0 saturated carbocycles. The number of hydrogen-bond acceptors (Lipinski definition) is 7. The number of carboxylic acid groups (broad SMARTS) is 1. The van der Waals surface area contributed by atoms with E-state index < -0.39 is 18.1 Å². The Kier molecular flexibility index (Phi) is 29.7.